The third-order valence-electron chi connectivity index (χ3n) is 6.47. The van der Waals surface area contributed by atoms with E-state index in [-0.39, 0.29) is 17.7 Å². The van der Waals surface area contributed by atoms with E-state index in [1.807, 2.05) is 64.4 Å². The average Bonchev–Trinajstić information content (AvgIpc) is 2.88. The highest BCUT2D eigenvalue weighted by Gasteiger charge is 2.32. The Labute approximate surface area is 198 Å². The van der Waals surface area contributed by atoms with Crippen LogP contribution >= 0.6 is 11.6 Å². The molecule has 2 aliphatic heterocycles. The Kier molecular flexibility index (Phi) is 6.29. The Bertz CT molecular complexity index is 1180. The molecule has 0 N–H and O–H groups in total. The summed E-state index contributed by atoms with van der Waals surface area (Å²) in [5.74, 6) is -0.0785. The van der Waals surface area contributed by atoms with E-state index >= 15 is 0 Å². The second-order valence-electron chi connectivity index (χ2n) is 8.61. The van der Waals surface area contributed by atoms with E-state index in [0.29, 0.717) is 50.0 Å². The molecule has 0 unspecified atom stereocenters. The molecular weight excluding hydrogens is 438 g/mol. The van der Waals surface area contributed by atoms with Gasteiger partial charge in [-0.25, -0.2) is 4.98 Å². The van der Waals surface area contributed by atoms with Gasteiger partial charge in [0.25, 0.3) is 5.91 Å². The number of benzene rings is 2. The van der Waals surface area contributed by atoms with Gasteiger partial charge in [-0.1, -0.05) is 41.9 Å². The van der Waals surface area contributed by atoms with E-state index in [1.165, 1.54) is 0 Å². The molecular formula is C26H26ClN3O3. The molecule has 0 aliphatic carbocycles. The zero-order valence-electron chi connectivity index (χ0n) is 18.4. The zero-order valence-corrected chi connectivity index (χ0v) is 19.1. The molecule has 3 aromatic rings. The predicted molar refractivity (Wildman–Crippen MR) is 128 cm³/mol. The van der Waals surface area contributed by atoms with Crippen molar-refractivity contribution in [2.75, 3.05) is 39.4 Å². The van der Waals surface area contributed by atoms with E-state index < -0.39 is 0 Å². The van der Waals surface area contributed by atoms with E-state index in [9.17, 15) is 9.59 Å². The van der Waals surface area contributed by atoms with Crippen molar-refractivity contribution in [1.29, 1.82) is 0 Å². The summed E-state index contributed by atoms with van der Waals surface area (Å²) in [6.07, 6.45) is 1.63. The van der Waals surface area contributed by atoms with Crippen molar-refractivity contribution in [1.82, 2.24) is 14.8 Å². The summed E-state index contributed by atoms with van der Waals surface area (Å²) in [7, 11) is 0. The molecule has 33 heavy (non-hydrogen) atoms. The number of nitrogens with zero attached hydrogens (tertiary/aromatic N) is 3. The maximum Gasteiger partial charge on any atom is 0.254 e. The lowest BCUT2D eigenvalue weighted by Gasteiger charge is -2.36. The lowest BCUT2D eigenvalue weighted by molar-refractivity contribution is -0.141. The average molecular weight is 464 g/mol. The molecule has 2 aromatic carbocycles. The predicted octanol–water partition coefficient (Wildman–Crippen LogP) is 4.27. The Hall–Kier alpha value is -2.96. The van der Waals surface area contributed by atoms with Crippen LogP contribution in [0.15, 0.2) is 54.6 Å². The van der Waals surface area contributed by atoms with Gasteiger partial charge in [0.05, 0.1) is 35.9 Å². The van der Waals surface area contributed by atoms with Gasteiger partial charge < -0.3 is 14.5 Å². The monoisotopic (exact) mass is 463 g/mol. The number of para-hydroxylation sites is 1. The quantitative estimate of drug-likeness (QED) is 0.582. The second-order valence-corrected chi connectivity index (χ2v) is 9.04. The van der Waals surface area contributed by atoms with Gasteiger partial charge in [-0.05, 0) is 37.1 Å². The molecule has 7 heteroatoms. The number of hydrogen-bond donors (Lipinski definition) is 0. The van der Waals surface area contributed by atoms with Crippen LogP contribution in [-0.4, -0.2) is 66.0 Å². The van der Waals surface area contributed by atoms with E-state index in [0.717, 1.165) is 35.0 Å². The number of hydrogen-bond acceptors (Lipinski definition) is 4. The lowest BCUT2D eigenvalue weighted by Crippen LogP contribution is -2.49. The van der Waals surface area contributed by atoms with Crippen molar-refractivity contribution in [2.24, 2.45) is 5.92 Å². The van der Waals surface area contributed by atoms with E-state index in [1.54, 1.807) is 0 Å². The van der Waals surface area contributed by atoms with Gasteiger partial charge >= 0.3 is 0 Å². The number of fused-ring (bicyclic) bond motifs is 1. The first-order valence-corrected chi connectivity index (χ1v) is 11.8. The van der Waals surface area contributed by atoms with Gasteiger partial charge in [-0.3, -0.25) is 9.59 Å². The van der Waals surface area contributed by atoms with Gasteiger partial charge in [0, 0.05) is 42.2 Å². The number of piperidine rings is 1. The molecule has 0 spiro atoms. The number of carbonyl (C=O) groups excluding carboxylic acids is 2. The van der Waals surface area contributed by atoms with Crippen LogP contribution < -0.4 is 0 Å². The Balaban J connectivity index is 1.44. The summed E-state index contributed by atoms with van der Waals surface area (Å²) in [5, 5.41) is 1.47. The molecule has 0 radical (unpaired) electrons. The molecule has 0 bridgehead atoms. The van der Waals surface area contributed by atoms with Crippen LogP contribution in [0.3, 0.4) is 0 Å². The molecule has 2 saturated heterocycles. The Morgan fingerprint density at radius 2 is 1.73 bits per heavy atom. The summed E-state index contributed by atoms with van der Waals surface area (Å²) >= 11 is 6.05. The van der Waals surface area contributed by atoms with Crippen molar-refractivity contribution < 1.29 is 14.3 Å². The molecule has 6 nitrogen and oxygen atoms in total. The van der Waals surface area contributed by atoms with Crippen LogP contribution in [0.1, 0.15) is 23.2 Å². The minimum atomic E-state index is -0.162. The number of halogens is 1. The number of aromatic nitrogens is 1. The second kappa shape index (κ2) is 9.49. The molecule has 2 fully saturated rings. The van der Waals surface area contributed by atoms with Gasteiger partial charge in [-0.15, -0.1) is 0 Å². The molecule has 1 atom stereocenters. The van der Waals surface area contributed by atoms with Crippen molar-refractivity contribution in [3.05, 3.63) is 65.2 Å². The third-order valence-corrected chi connectivity index (χ3v) is 6.72. The van der Waals surface area contributed by atoms with Crippen molar-refractivity contribution in [3.8, 4) is 11.3 Å². The molecule has 2 amide bonds. The number of ether oxygens (including phenoxy) is 1. The largest absolute Gasteiger partial charge is 0.378 e. The smallest absolute Gasteiger partial charge is 0.254 e. The molecule has 1 aromatic heterocycles. The van der Waals surface area contributed by atoms with Crippen LogP contribution in [0, 0.1) is 5.92 Å². The maximum atomic E-state index is 13.7. The number of rotatable bonds is 3. The van der Waals surface area contributed by atoms with Crippen LogP contribution in [0.5, 0.6) is 0 Å². The number of morpholine rings is 1. The topological polar surface area (TPSA) is 62.7 Å². The minimum absolute atomic E-state index is 0.0525. The fourth-order valence-electron chi connectivity index (χ4n) is 4.70. The zero-order chi connectivity index (χ0) is 22.8. The van der Waals surface area contributed by atoms with E-state index in [2.05, 4.69) is 0 Å². The van der Waals surface area contributed by atoms with Gasteiger partial charge in [-0.2, -0.15) is 0 Å². The highest BCUT2D eigenvalue weighted by atomic mass is 35.5. The normalized spacial score (nSPS) is 19.0. The van der Waals surface area contributed by atoms with Gasteiger partial charge in [0.15, 0.2) is 0 Å². The van der Waals surface area contributed by atoms with Crippen LogP contribution in [-0.2, 0) is 9.53 Å². The summed E-state index contributed by atoms with van der Waals surface area (Å²) in [6, 6.07) is 17.0. The highest BCUT2D eigenvalue weighted by molar-refractivity contribution is 6.30. The number of amides is 2. The molecule has 3 heterocycles. The Morgan fingerprint density at radius 1 is 0.970 bits per heavy atom. The van der Waals surface area contributed by atoms with E-state index in [4.69, 9.17) is 21.3 Å². The summed E-state index contributed by atoms with van der Waals surface area (Å²) in [4.78, 5) is 35.3. The van der Waals surface area contributed by atoms with Gasteiger partial charge in [0.2, 0.25) is 5.91 Å². The number of carbonyl (C=O) groups is 2. The lowest BCUT2D eigenvalue weighted by atomic mass is 9.95. The first-order valence-electron chi connectivity index (χ1n) is 11.4. The van der Waals surface area contributed by atoms with Crippen molar-refractivity contribution >= 4 is 34.3 Å². The number of likely N-dealkylation sites (tertiary alicyclic amines) is 1. The molecule has 5 rings (SSSR count). The highest BCUT2D eigenvalue weighted by Crippen LogP contribution is 2.28. The minimum Gasteiger partial charge on any atom is -0.378 e. The summed E-state index contributed by atoms with van der Waals surface area (Å²) < 4.78 is 5.38. The first kappa shape index (κ1) is 21.9. The fraction of sp³-hybridized carbons (Fsp3) is 0.346. The molecule has 170 valence electrons. The summed E-state index contributed by atoms with van der Waals surface area (Å²) in [5.41, 5.74) is 3.01. The van der Waals surface area contributed by atoms with Gasteiger partial charge in [0.1, 0.15) is 0 Å². The maximum absolute atomic E-state index is 13.7. The third kappa shape index (κ3) is 4.59. The van der Waals surface area contributed by atoms with Crippen LogP contribution in [0.25, 0.3) is 22.2 Å². The fourth-order valence-corrected chi connectivity index (χ4v) is 4.82. The molecule has 2 aliphatic rings. The molecule has 0 saturated carbocycles. The summed E-state index contributed by atoms with van der Waals surface area (Å²) in [6.45, 7) is 3.52. The SMILES string of the molecule is O=C(c1cc(-c2ccc(Cl)cc2)nc2ccccc12)N1CCC[C@H](C(=O)N2CCOCC2)C1. The van der Waals surface area contributed by atoms with Crippen molar-refractivity contribution in [2.45, 2.75) is 12.8 Å². The standard InChI is InChI=1S/C26H26ClN3O3/c27-20-9-7-18(8-10-20)24-16-22(21-5-1-2-6-23(21)28-24)26(32)30-11-3-4-19(17-30)25(31)29-12-14-33-15-13-29/h1-2,5-10,16,19H,3-4,11-15,17H2/t19-/m0/s1. The van der Waals surface area contributed by atoms with Crippen LogP contribution in [0.4, 0.5) is 0 Å². The Morgan fingerprint density at radius 3 is 2.52 bits per heavy atom. The van der Waals surface area contributed by atoms with Crippen molar-refractivity contribution in [3.63, 3.8) is 0 Å². The first-order chi connectivity index (χ1) is 16.1. The van der Waals surface area contributed by atoms with Crippen LogP contribution in [0.2, 0.25) is 5.02 Å². The number of pyridine rings is 1.